The molecule has 1 aromatic carbocycles. The maximum absolute atomic E-state index is 12.7. The SMILES string of the molecule is CCOc1ccc2c(c1)c(C=O)cn2CC(=O)N(C)C1CCCCC1. The van der Waals surface area contributed by atoms with Crippen molar-refractivity contribution < 1.29 is 14.3 Å². The molecule has 25 heavy (non-hydrogen) atoms. The van der Waals surface area contributed by atoms with Crippen molar-refractivity contribution in [2.45, 2.75) is 51.6 Å². The summed E-state index contributed by atoms with van der Waals surface area (Å²) in [5.41, 5.74) is 1.47. The molecule has 0 aliphatic heterocycles. The predicted molar refractivity (Wildman–Crippen MR) is 98.1 cm³/mol. The van der Waals surface area contributed by atoms with Gasteiger partial charge >= 0.3 is 0 Å². The number of carbonyl (C=O) groups is 2. The largest absolute Gasteiger partial charge is 0.494 e. The average Bonchev–Trinajstić information content (AvgIpc) is 2.99. The van der Waals surface area contributed by atoms with E-state index in [1.54, 1.807) is 6.20 Å². The van der Waals surface area contributed by atoms with Gasteiger partial charge in [0.25, 0.3) is 0 Å². The Labute approximate surface area is 148 Å². The van der Waals surface area contributed by atoms with Crippen molar-refractivity contribution >= 4 is 23.1 Å². The standard InChI is InChI=1S/C20H26N2O3/c1-3-25-17-9-10-19-18(11-17)15(14-23)12-22(19)13-20(24)21(2)16-7-5-4-6-8-16/h9-12,14,16H,3-8,13H2,1-2H3. The highest BCUT2D eigenvalue weighted by atomic mass is 16.5. The van der Waals surface area contributed by atoms with Gasteiger partial charge in [-0.25, -0.2) is 0 Å². The zero-order valence-corrected chi connectivity index (χ0v) is 15.0. The van der Waals surface area contributed by atoms with E-state index in [2.05, 4.69) is 0 Å². The first-order valence-corrected chi connectivity index (χ1v) is 9.10. The van der Waals surface area contributed by atoms with Crippen LogP contribution in [0, 0.1) is 0 Å². The van der Waals surface area contributed by atoms with E-state index in [0.29, 0.717) is 18.2 Å². The maximum Gasteiger partial charge on any atom is 0.242 e. The molecule has 0 atom stereocenters. The minimum Gasteiger partial charge on any atom is -0.494 e. The third kappa shape index (κ3) is 3.70. The van der Waals surface area contributed by atoms with Gasteiger partial charge in [0.2, 0.25) is 5.91 Å². The Morgan fingerprint density at radius 1 is 1.32 bits per heavy atom. The molecule has 0 bridgehead atoms. The van der Waals surface area contributed by atoms with Crippen molar-refractivity contribution in [1.29, 1.82) is 0 Å². The van der Waals surface area contributed by atoms with Gasteiger partial charge in [-0.05, 0) is 38.0 Å². The molecule has 2 aromatic rings. The molecule has 5 heteroatoms. The number of rotatable bonds is 6. The van der Waals surface area contributed by atoms with E-state index in [-0.39, 0.29) is 12.5 Å². The quantitative estimate of drug-likeness (QED) is 0.753. The molecule has 1 heterocycles. The van der Waals surface area contributed by atoms with E-state index >= 15 is 0 Å². The summed E-state index contributed by atoms with van der Waals surface area (Å²) in [4.78, 5) is 26.0. The third-order valence-corrected chi connectivity index (χ3v) is 5.14. The molecule has 1 aromatic heterocycles. The lowest BCUT2D eigenvalue weighted by atomic mass is 9.94. The van der Waals surface area contributed by atoms with Crippen LogP contribution in [0.2, 0.25) is 0 Å². The van der Waals surface area contributed by atoms with E-state index in [0.717, 1.165) is 35.8 Å². The van der Waals surface area contributed by atoms with Gasteiger partial charge in [-0.15, -0.1) is 0 Å². The molecule has 1 aliphatic rings. The summed E-state index contributed by atoms with van der Waals surface area (Å²) in [5, 5.41) is 0.828. The number of carbonyl (C=O) groups excluding carboxylic acids is 2. The number of hydrogen-bond acceptors (Lipinski definition) is 3. The summed E-state index contributed by atoms with van der Waals surface area (Å²) in [6.45, 7) is 2.76. The van der Waals surface area contributed by atoms with E-state index < -0.39 is 0 Å². The molecule has 0 N–H and O–H groups in total. The van der Waals surface area contributed by atoms with Gasteiger partial charge in [-0.2, -0.15) is 0 Å². The van der Waals surface area contributed by atoms with Crippen LogP contribution in [0.3, 0.4) is 0 Å². The molecule has 0 saturated heterocycles. The van der Waals surface area contributed by atoms with Crippen molar-refractivity contribution in [2.75, 3.05) is 13.7 Å². The molecule has 1 fully saturated rings. The van der Waals surface area contributed by atoms with Crippen LogP contribution in [0.15, 0.2) is 24.4 Å². The van der Waals surface area contributed by atoms with Crippen LogP contribution in [-0.4, -0.2) is 41.4 Å². The Bertz CT molecular complexity index is 760. The lowest BCUT2D eigenvalue weighted by Gasteiger charge is -2.31. The molecular weight excluding hydrogens is 316 g/mol. The van der Waals surface area contributed by atoms with E-state index in [9.17, 15) is 9.59 Å². The summed E-state index contributed by atoms with van der Waals surface area (Å²) in [6, 6.07) is 6.01. The smallest absolute Gasteiger partial charge is 0.242 e. The first-order valence-electron chi connectivity index (χ1n) is 9.10. The third-order valence-electron chi connectivity index (χ3n) is 5.14. The molecular formula is C20H26N2O3. The zero-order valence-electron chi connectivity index (χ0n) is 15.0. The van der Waals surface area contributed by atoms with Crippen LogP contribution in [0.4, 0.5) is 0 Å². The highest BCUT2D eigenvalue weighted by molar-refractivity contribution is 5.98. The summed E-state index contributed by atoms with van der Waals surface area (Å²) < 4.78 is 7.39. The number of fused-ring (bicyclic) bond motifs is 1. The average molecular weight is 342 g/mol. The minimum atomic E-state index is 0.0927. The molecule has 3 rings (SSSR count). The Morgan fingerprint density at radius 2 is 2.08 bits per heavy atom. The van der Waals surface area contributed by atoms with Crippen molar-refractivity contribution in [3.8, 4) is 5.75 Å². The number of hydrogen-bond donors (Lipinski definition) is 0. The Balaban J connectivity index is 1.83. The summed E-state index contributed by atoms with van der Waals surface area (Å²) in [7, 11) is 1.90. The minimum absolute atomic E-state index is 0.0927. The van der Waals surface area contributed by atoms with Gasteiger partial charge in [0.1, 0.15) is 12.3 Å². The van der Waals surface area contributed by atoms with Crippen LogP contribution < -0.4 is 4.74 Å². The number of amides is 1. The Morgan fingerprint density at radius 3 is 2.76 bits per heavy atom. The Hall–Kier alpha value is -2.30. The highest BCUT2D eigenvalue weighted by Gasteiger charge is 2.22. The zero-order chi connectivity index (χ0) is 17.8. The maximum atomic E-state index is 12.7. The molecule has 0 spiro atoms. The molecule has 1 aliphatic carbocycles. The molecule has 5 nitrogen and oxygen atoms in total. The van der Waals surface area contributed by atoms with Crippen LogP contribution in [0.1, 0.15) is 49.4 Å². The van der Waals surface area contributed by atoms with Crippen LogP contribution in [0.5, 0.6) is 5.75 Å². The molecule has 134 valence electrons. The topological polar surface area (TPSA) is 51.5 Å². The molecule has 1 saturated carbocycles. The second-order valence-electron chi connectivity index (χ2n) is 6.74. The van der Waals surface area contributed by atoms with E-state index in [1.807, 2.05) is 41.6 Å². The van der Waals surface area contributed by atoms with Gasteiger partial charge in [-0.3, -0.25) is 9.59 Å². The molecule has 0 radical (unpaired) electrons. The van der Waals surface area contributed by atoms with E-state index in [4.69, 9.17) is 4.74 Å². The Kier molecular flexibility index (Phi) is 5.41. The number of aldehydes is 1. The van der Waals surface area contributed by atoms with E-state index in [1.165, 1.54) is 19.3 Å². The van der Waals surface area contributed by atoms with Gasteiger partial charge < -0.3 is 14.2 Å². The first kappa shape index (κ1) is 17.5. The number of aromatic nitrogens is 1. The number of ether oxygens (including phenoxy) is 1. The normalized spacial score (nSPS) is 15.3. The summed E-state index contributed by atoms with van der Waals surface area (Å²) in [5.74, 6) is 0.830. The fourth-order valence-corrected chi connectivity index (χ4v) is 3.71. The monoisotopic (exact) mass is 342 g/mol. The second-order valence-corrected chi connectivity index (χ2v) is 6.74. The first-order chi connectivity index (χ1) is 12.1. The van der Waals surface area contributed by atoms with Crippen molar-refractivity contribution in [1.82, 2.24) is 9.47 Å². The van der Waals surface area contributed by atoms with Crippen LogP contribution in [0.25, 0.3) is 10.9 Å². The number of benzene rings is 1. The lowest BCUT2D eigenvalue weighted by Crippen LogP contribution is -2.40. The van der Waals surface area contributed by atoms with Gasteiger partial charge in [0, 0.05) is 35.8 Å². The predicted octanol–water partition coefficient (Wildman–Crippen LogP) is 3.64. The fraction of sp³-hybridized carbons (Fsp3) is 0.500. The summed E-state index contributed by atoms with van der Waals surface area (Å²) >= 11 is 0. The van der Waals surface area contributed by atoms with Gasteiger partial charge in [0.15, 0.2) is 6.29 Å². The van der Waals surface area contributed by atoms with Gasteiger partial charge in [-0.1, -0.05) is 19.3 Å². The molecule has 1 amide bonds. The van der Waals surface area contributed by atoms with Crippen LogP contribution >= 0.6 is 0 Å². The fourth-order valence-electron chi connectivity index (χ4n) is 3.71. The second kappa shape index (κ2) is 7.72. The summed E-state index contributed by atoms with van der Waals surface area (Å²) in [6.07, 6.45) is 8.45. The van der Waals surface area contributed by atoms with Crippen molar-refractivity contribution in [3.05, 3.63) is 30.0 Å². The lowest BCUT2D eigenvalue weighted by molar-refractivity contribution is -0.133. The number of nitrogens with zero attached hydrogens (tertiary/aromatic N) is 2. The van der Waals surface area contributed by atoms with Crippen molar-refractivity contribution in [3.63, 3.8) is 0 Å². The van der Waals surface area contributed by atoms with Crippen molar-refractivity contribution in [2.24, 2.45) is 0 Å². The van der Waals surface area contributed by atoms with Crippen LogP contribution in [-0.2, 0) is 11.3 Å². The highest BCUT2D eigenvalue weighted by Crippen LogP contribution is 2.26. The molecule has 0 unspecified atom stereocenters. The number of likely N-dealkylation sites (N-methyl/N-ethyl adjacent to an activating group) is 1. The van der Waals surface area contributed by atoms with Gasteiger partial charge in [0.05, 0.1) is 6.61 Å².